The van der Waals surface area contributed by atoms with Crippen molar-refractivity contribution in [2.24, 2.45) is 10.2 Å². The zero-order valence-electron chi connectivity index (χ0n) is 14.9. The fourth-order valence-electron chi connectivity index (χ4n) is 2.47. The molecule has 6 nitrogen and oxygen atoms in total. The number of benzene rings is 2. The average Bonchev–Trinajstić information content (AvgIpc) is 3.04. The monoisotopic (exact) mass is 348 g/mol. The van der Waals surface area contributed by atoms with Crippen molar-refractivity contribution in [3.63, 3.8) is 0 Å². The van der Waals surface area contributed by atoms with E-state index in [2.05, 4.69) is 20.7 Å². The fourth-order valence-corrected chi connectivity index (χ4v) is 2.47. The molecule has 6 heteroatoms. The number of hydrogen-bond acceptors (Lipinski definition) is 5. The standard InChI is InChI=1S/C20H20N4O2/c1-13(2)19-18(14(3)24-26-19)20(25)21-15-9-11-17(12-10-15)23-22-16-7-5-4-6-8-16/h4-13H,1-3H3,(H,21,25). The maximum absolute atomic E-state index is 12.6. The summed E-state index contributed by atoms with van der Waals surface area (Å²) in [5.74, 6) is 0.442. The van der Waals surface area contributed by atoms with E-state index in [1.54, 1.807) is 31.2 Å². The van der Waals surface area contributed by atoms with Gasteiger partial charge < -0.3 is 9.84 Å². The van der Waals surface area contributed by atoms with Gasteiger partial charge in [0.05, 0.1) is 17.1 Å². The van der Waals surface area contributed by atoms with E-state index in [1.807, 2.05) is 44.2 Å². The van der Waals surface area contributed by atoms with Crippen LogP contribution in [0.2, 0.25) is 0 Å². The first-order valence-electron chi connectivity index (χ1n) is 8.39. The molecule has 1 aromatic heterocycles. The second kappa shape index (κ2) is 7.74. The van der Waals surface area contributed by atoms with Gasteiger partial charge in [0.2, 0.25) is 0 Å². The highest BCUT2D eigenvalue weighted by Gasteiger charge is 2.22. The van der Waals surface area contributed by atoms with Gasteiger partial charge in [-0.2, -0.15) is 10.2 Å². The zero-order valence-corrected chi connectivity index (χ0v) is 14.9. The van der Waals surface area contributed by atoms with Crippen LogP contribution < -0.4 is 5.32 Å². The molecule has 0 unspecified atom stereocenters. The van der Waals surface area contributed by atoms with Gasteiger partial charge in [-0.05, 0) is 43.3 Å². The summed E-state index contributed by atoms with van der Waals surface area (Å²) in [5, 5.41) is 15.1. The van der Waals surface area contributed by atoms with E-state index in [0.717, 1.165) is 5.69 Å². The van der Waals surface area contributed by atoms with Crippen LogP contribution in [0.4, 0.5) is 17.1 Å². The van der Waals surface area contributed by atoms with Crippen LogP contribution in [-0.4, -0.2) is 11.1 Å². The van der Waals surface area contributed by atoms with Gasteiger partial charge in [0.25, 0.3) is 5.91 Å². The SMILES string of the molecule is Cc1noc(C(C)C)c1C(=O)Nc1ccc(N=Nc2ccccc2)cc1. The van der Waals surface area contributed by atoms with Crippen molar-refractivity contribution in [2.45, 2.75) is 26.7 Å². The van der Waals surface area contributed by atoms with Crippen molar-refractivity contribution in [3.05, 3.63) is 71.6 Å². The summed E-state index contributed by atoms with van der Waals surface area (Å²) < 4.78 is 5.27. The third-order valence-corrected chi connectivity index (χ3v) is 3.80. The predicted molar refractivity (Wildman–Crippen MR) is 100 cm³/mol. The van der Waals surface area contributed by atoms with Crippen molar-refractivity contribution in [3.8, 4) is 0 Å². The Kier molecular flexibility index (Phi) is 5.22. The number of aryl methyl sites for hydroxylation is 1. The summed E-state index contributed by atoms with van der Waals surface area (Å²) in [5.41, 5.74) is 3.24. The normalized spacial score (nSPS) is 11.2. The molecule has 3 rings (SSSR count). The van der Waals surface area contributed by atoms with Crippen LogP contribution in [0.3, 0.4) is 0 Å². The van der Waals surface area contributed by atoms with Gasteiger partial charge in [-0.1, -0.05) is 37.2 Å². The number of aromatic nitrogens is 1. The lowest BCUT2D eigenvalue weighted by Gasteiger charge is -2.07. The first-order chi connectivity index (χ1) is 12.5. The van der Waals surface area contributed by atoms with E-state index >= 15 is 0 Å². The molecule has 0 atom stereocenters. The number of carbonyl (C=O) groups is 1. The summed E-state index contributed by atoms with van der Waals surface area (Å²) in [6.07, 6.45) is 0. The summed E-state index contributed by atoms with van der Waals surface area (Å²) >= 11 is 0. The summed E-state index contributed by atoms with van der Waals surface area (Å²) in [4.78, 5) is 12.6. The molecule has 132 valence electrons. The van der Waals surface area contributed by atoms with Gasteiger partial charge in [0.1, 0.15) is 5.56 Å². The lowest BCUT2D eigenvalue weighted by Crippen LogP contribution is -2.14. The molecular weight excluding hydrogens is 328 g/mol. The molecule has 0 saturated carbocycles. The first kappa shape index (κ1) is 17.5. The highest BCUT2D eigenvalue weighted by Crippen LogP contribution is 2.24. The van der Waals surface area contributed by atoms with E-state index in [0.29, 0.717) is 28.4 Å². The Labute approximate surface area is 151 Å². The van der Waals surface area contributed by atoms with E-state index in [1.165, 1.54) is 0 Å². The molecule has 0 spiro atoms. The average molecular weight is 348 g/mol. The van der Waals surface area contributed by atoms with E-state index in [9.17, 15) is 4.79 Å². The molecule has 0 fully saturated rings. The minimum Gasteiger partial charge on any atom is -0.360 e. The lowest BCUT2D eigenvalue weighted by molar-refractivity contribution is 0.102. The van der Waals surface area contributed by atoms with E-state index < -0.39 is 0 Å². The highest BCUT2D eigenvalue weighted by atomic mass is 16.5. The van der Waals surface area contributed by atoms with Crippen molar-refractivity contribution in [1.29, 1.82) is 0 Å². The summed E-state index contributed by atoms with van der Waals surface area (Å²) in [6, 6.07) is 16.7. The number of carbonyl (C=O) groups excluding carboxylic acids is 1. The number of amides is 1. The second-order valence-electron chi connectivity index (χ2n) is 6.20. The van der Waals surface area contributed by atoms with E-state index in [4.69, 9.17) is 4.52 Å². The Morgan fingerprint density at radius 1 is 1.00 bits per heavy atom. The van der Waals surface area contributed by atoms with Gasteiger partial charge in [0.15, 0.2) is 5.76 Å². The van der Waals surface area contributed by atoms with Gasteiger partial charge in [-0.3, -0.25) is 4.79 Å². The van der Waals surface area contributed by atoms with Crippen molar-refractivity contribution < 1.29 is 9.32 Å². The maximum atomic E-state index is 12.6. The van der Waals surface area contributed by atoms with Crippen LogP contribution in [0, 0.1) is 6.92 Å². The highest BCUT2D eigenvalue weighted by molar-refractivity contribution is 6.05. The first-order valence-corrected chi connectivity index (χ1v) is 8.39. The third kappa shape index (κ3) is 4.03. The number of nitrogens with one attached hydrogen (secondary N) is 1. The number of rotatable bonds is 5. The van der Waals surface area contributed by atoms with Crippen LogP contribution >= 0.6 is 0 Å². The Morgan fingerprint density at radius 3 is 2.23 bits per heavy atom. The van der Waals surface area contributed by atoms with Gasteiger partial charge in [-0.15, -0.1) is 0 Å². The Morgan fingerprint density at radius 2 is 1.62 bits per heavy atom. The molecule has 1 amide bonds. The Hall–Kier alpha value is -3.28. The molecule has 1 N–H and O–H groups in total. The molecule has 26 heavy (non-hydrogen) atoms. The molecule has 0 radical (unpaired) electrons. The molecule has 2 aromatic carbocycles. The third-order valence-electron chi connectivity index (χ3n) is 3.80. The van der Waals surface area contributed by atoms with Crippen LogP contribution in [0.1, 0.15) is 41.6 Å². The Bertz CT molecular complexity index is 913. The maximum Gasteiger partial charge on any atom is 0.261 e. The zero-order chi connectivity index (χ0) is 18.5. The molecule has 3 aromatic rings. The smallest absolute Gasteiger partial charge is 0.261 e. The van der Waals surface area contributed by atoms with Gasteiger partial charge in [0, 0.05) is 11.6 Å². The largest absolute Gasteiger partial charge is 0.360 e. The summed E-state index contributed by atoms with van der Waals surface area (Å²) in [6.45, 7) is 5.68. The van der Waals surface area contributed by atoms with Crippen LogP contribution in [0.5, 0.6) is 0 Å². The van der Waals surface area contributed by atoms with Crippen molar-refractivity contribution >= 4 is 23.0 Å². The second-order valence-corrected chi connectivity index (χ2v) is 6.20. The molecule has 1 heterocycles. The van der Waals surface area contributed by atoms with Crippen molar-refractivity contribution in [2.75, 3.05) is 5.32 Å². The number of anilines is 1. The number of nitrogens with zero attached hydrogens (tertiary/aromatic N) is 3. The number of hydrogen-bond donors (Lipinski definition) is 1. The summed E-state index contributed by atoms with van der Waals surface area (Å²) in [7, 11) is 0. The van der Waals surface area contributed by atoms with Crippen LogP contribution in [0.25, 0.3) is 0 Å². The molecule has 0 aliphatic carbocycles. The topological polar surface area (TPSA) is 79.9 Å². The van der Waals surface area contributed by atoms with E-state index in [-0.39, 0.29) is 11.8 Å². The molecule has 0 aliphatic rings. The molecule has 0 bridgehead atoms. The van der Waals surface area contributed by atoms with Gasteiger partial charge >= 0.3 is 0 Å². The lowest BCUT2D eigenvalue weighted by atomic mass is 10.0. The van der Waals surface area contributed by atoms with Crippen molar-refractivity contribution in [1.82, 2.24) is 5.16 Å². The quantitative estimate of drug-likeness (QED) is 0.594. The predicted octanol–water partition coefficient (Wildman–Crippen LogP) is 5.77. The Balaban J connectivity index is 1.71. The van der Waals surface area contributed by atoms with Gasteiger partial charge in [-0.25, -0.2) is 0 Å². The van der Waals surface area contributed by atoms with Crippen LogP contribution in [-0.2, 0) is 0 Å². The number of azo groups is 1. The molecule has 0 saturated heterocycles. The fraction of sp³-hybridized carbons (Fsp3) is 0.200. The minimum atomic E-state index is -0.230. The minimum absolute atomic E-state index is 0.0812. The van der Waals surface area contributed by atoms with Crippen LogP contribution in [0.15, 0.2) is 69.3 Å². The molecule has 0 aliphatic heterocycles. The molecular formula is C20H20N4O2.